The van der Waals surface area contributed by atoms with Gasteiger partial charge in [-0.15, -0.1) is 0 Å². The fourth-order valence-corrected chi connectivity index (χ4v) is 4.80. The van der Waals surface area contributed by atoms with E-state index in [9.17, 15) is 9.59 Å². The smallest absolute Gasteiger partial charge is 0.263 e. The lowest BCUT2D eigenvalue weighted by Gasteiger charge is -2.31. The predicted molar refractivity (Wildman–Crippen MR) is 110 cm³/mol. The Morgan fingerprint density at radius 3 is 2.71 bits per heavy atom. The highest BCUT2D eigenvalue weighted by Crippen LogP contribution is 2.24. The van der Waals surface area contributed by atoms with E-state index in [1.54, 1.807) is 0 Å². The van der Waals surface area contributed by atoms with Crippen molar-refractivity contribution in [2.45, 2.75) is 32.7 Å². The van der Waals surface area contributed by atoms with E-state index in [4.69, 9.17) is 4.74 Å². The Bertz CT molecular complexity index is 689. The second-order valence-corrected chi connectivity index (χ2v) is 8.57. The van der Waals surface area contributed by atoms with Crippen molar-refractivity contribution in [3.8, 4) is 0 Å². The number of nitrogens with one attached hydrogen (secondary N) is 2. The van der Waals surface area contributed by atoms with E-state index in [2.05, 4.69) is 20.5 Å². The van der Waals surface area contributed by atoms with Crippen LogP contribution < -0.4 is 10.6 Å². The van der Waals surface area contributed by atoms with E-state index in [0.717, 1.165) is 43.3 Å². The van der Waals surface area contributed by atoms with E-state index < -0.39 is 0 Å². The first kappa shape index (κ1) is 21.0. The normalized spacial score (nSPS) is 23.9. The number of ether oxygens (including phenoxy) is 1. The van der Waals surface area contributed by atoms with Gasteiger partial charge in [-0.05, 0) is 33.7 Å². The molecule has 0 bridgehead atoms. The fraction of sp³-hybridized carbons (Fsp3) is 0.737. The molecule has 0 aromatic carbocycles. The summed E-state index contributed by atoms with van der Waals surface area (Å²) in [4.78, 5) is 34.8. The number of morpholine rings is 1. The molecule has 0 aliphatic carbocycles. The van der Waals surface area contributed by atoms with Crippen LogP contribution in [-0.4, -0.2) is 85.6 Å². The van der Waals surface area contributed by atoms with E-state index >= 15 is 0 Å². The van der Waals surface area contributed by atoms with Gasteiger partial charge in [-0.2, -0.15) is 0 Å². The third-order valence-corrected chi connectivity index (χ3v) is 6.38. The summed E-state index contributed by atoms with van der Waals surface area (Å²) in [7, 11) is 2.02. The molecule has 3 rings (SSSR count). The van der Waals surface area contributed by atoms with Gasteiger partial charge in [-0.25, -0.2) is 4.98 Å². The Hall–Kier alpha value is -1.71. The molecule has 2 aliphatic heterocycles. The predicted octanol–water partition coefficient (Wildman–Crippen LogP) is 1.18. The van der Waals surface area contributed by atoms with Crippen LogP contribution in [0.5, 0.6) is 0 Å². The number of thiazole rings is 1. The van der Waals surface area contributed by atoms with Crippen LogP contribution in [0.3, 0.4) is 0 Å². The van der Waals surface area contributed by atoms with Crippen molar-refractivity contribution in [3.63, 3.8) is 0 Å². The highest BCUT2D eigenvalue weighted by molar-refractivity contribution is 7.17. The van der Waals surface area contributed by atoms with Crippen LogP contribution in [0.2, 0.25) is 0 Å². The number of likely N-dealkylation sites (N-methyl/N-ethyl adjacent to an activating group) is 1. The summed E-state index contributed by atoms with van der Waals surface area (Å²) in [6, 6.07) is 0.0315. The molecule has 2 saturated heterocycles. The SMILES string of the molecule is CCNc1nc(C)c(C(=O)N[C@H]2CC[C@@H](C(=O)N3CCOCC3)CN(C)C2)s1. The van der Waals surface area contributed by atoms with Crippen LogP contribution in [0.4, 0.5) is 5.13 Å². The van der Waals surface area contributed by atoms with Gasteiger partial charge in [0.2, 0.25) is 5.91 Å². The third kappa shape index (κ3) is 5.21. The van der Waals surface area contributed by atoms with Crippen LogP contribution >= 0.6 is 11.3 Å². The lowest BCUT2D eigenvalue weighted by molar-refractivity contribution is -0.140. The van der Waals surface area contributed by atoms with Crippen LogP contribution in [0, 0.1) is 12.8 Å². The average molecular weight is 410 g/mol. The van der Waals surface area contributed by atoms with E-state index in [-0.39, 0.29) is 23.8 Å². The van der Waals surface area contributed by atoms with Gasteiger partial charge in [0.05, 0.1) is 24.8 Å². The molecule has 0 saturated carbocycles. The van der Waals surface area contributed by atoms with E-state index in [0.29, 0.717) is 31.2 Å². The maximum atomic E-state index is 12.9. The van der Waals surface area contributed by atoms with Gasteiger partial charge in [0, 0.05) is 38.8 Å². The van der Waals surface area contributed by atoms with Crippen molar-refractivity contribution in [2.75, 3.05) is 58.3 Å². The molecule has 156 valence electrons. The van der Waals surface area contributed by atoms with Crippen LogP contribution in [0.25, 0.3) is 0 Å². The van der Waals surface area contributed by atoms with Gasteiger partial charge in [0.1, 0.15) is 4.88 Å². The second kappa shape index (κ2) is 9.67. The molecule has 0 radical (unpaired) electrons. The summed E-state index contributed by atoms with van der Waals surface area (Å²) < 4.78 is 5.35. The number of amides is 2. The average Bonchev–Trinajstić information content (AvgIpc) is 2.94. The molecular formula is C19H31N5O3S. The number of carbonyl (C=O) groups is 2. The molecule has 2 atom stereocenters. The number of likely N-dealkylation sites (tertiary alicyclic amines) is 1. The minimum Gasteiger partial charge on any atom is -0.378 e. The molecular weight excluding hydrogens is 378 g/mol. The van der Waals surface area contributed by atoms with Crippen LogP contribution in [0.15, 0.2) is 0 Å². The number of carbonyl (C=O) groups excluding carboxylic acids is 2. The minimum atomic E-state index is -0.0736. The zero-order chi connectivity index (χ0) is 20.1. The maximum absolute atomic E-state index is 12.9. The topological polar surface area (TPSA) is 86.8 Å². The summed E-state index contributed by atoms with van der Waals surface area (Å²) >= 11 is 1.39. The molecule has 2 N–H and O–H groups in total. The Kier molecular flexibility index (Phi) is 7.25. The molecule has 0 spiro atoms. The molecule has 9 heteroatoms. The van der Waals surface area contributed by atoms with Crippen molar-refractivity contribution in [1.29, 1.82) is 0 Å². The molecule has 0 unspecified atom stereocenters. The van der Waals surface area contributed by atoms with E-state index in [1.165, 1.54) is 11.3 Å². The van der Waals surface area contributed by atoms with Gasteiger partial charge >= 0.3 is 0 Å². The molecule has 3 heterocycles. The van der Waals surface area contributed by atoms with Crippen molar-refractivity contribution in [3.05, 3.63) is 10.6 Å². The fourth-order valence-electron chi connectivity index (χ4n) is 3.86. The third-order valence-electron chi connectivity index (χ3n) is 5.27. The van der Waals surface area contributed by atoms with E-state index in [1.807, 2.05) is 25.8 Å². The van der Waals surface area contributed by atoms with Crippen molar-refractivity contribution < 1.29 is 14.3 Å². The number of rotatable bonds is 5. The zero-order valence-corrected chi connectivity index (χ0v) is 17.8. The van der Waals surface area contributed by atoms with Crippen LogP contribution in [-0.2, 0) is 9.53 Å². The lowest BCUT2D eigenvalue weighted by atomic mass is 10.00. The number of anilines is 1. The Morgan fingerprint density at radius 1 is 1.25 bits per heavy atom. The Labute approximate surface area is 170 Å². The maximum Gasteiger partial charge on any atom is 0.263 e. The molecule has 2 aliphatic rings. The number of nitrogens with zero attached hydrogens (tertiary/aromatic N) is 3. The first-order chi connectivity index (χ1) is 13.5. The first-order valence-corrected chi connectivity index (χ1v) is 10.9. The minimum absolute atomic E-state index is 0.0181. The number of hydrogen-bond acceptors (Lipinski definition) is 7. The summed E-state index contributed by atoms with van der Waals surface area (Å²) in [5.41, 5.74) is 0.751. The second-order valence-electron chi connectivity index (χ2n) is 7.57. The Morgan fingerprint density at radius 2 is 2.00 bits per heavy atom. The largest absolute Gasteiger partial charge is 0.378 e. The number of aromatic nitrogens is 1. The summed E-state index contributed by atoms with van der Waals surface area (Å²) in [6.07, 6.45) is 1.59. The number of aryl methyl sites for hydroxylation is 1. The van der Waals surface area contributed by atoms with Gasteiger partial charge in [-0.3, -0.25) is 9.59 Å². The van der Waals surface area contributed by atoms with Crippen molar-refractivity contribution >= 4 is 28.3 Å². The molecule has 2 fully saturated rings. The summed E-state index contributed by atoms with van der Waals surface area (Å²) in [5.74, 6) is 0.127. The molecule has 1 aromatic heterocycles. The Balaban J connectivity index is 1.58. The molecule has 1 aromatic rings. The first-order valence-electron chi connectivity index (χ1n) is 10.0. The summed E-state index contributed by atoms with van der Waals surface area (Å²) in [6.45, 7) is 8.72. The van der Waals surface area contributed by atoms with Gasteiger partial charge in [-0.1, -0.05) is 11.3 Å². The summed E-state index contributed by atoms with van der Waals surface area (Å²) in [5, 5.41) is 7.10. The standard InChI is InChI=1S/C19H31N5O3S/c1-4-20-19-21-13(2)16(28-19)17(25)22-15-6-5-14(11-23(3)12-15)18(26)24-7-9-27-10-8-24/h14-15H,4-12H2,1-3H3,(H,20,21)(H,22,25)/t14-,15+/m1/s1. The van der Waals surface area contributed by atoms with Crippen molar-refractivity contribution in [2.24, 2.45) is 5.92 Å². The van der Waals surface area contributed by atoms with Gasteiger partial charge in [0.25, 0.3) is 5.91 Å². The molecule has 8 nitrogen and oxygen atoms in total. The monoisotopic (exact) mass is 409 g/mol. The van der Waals surface area contributed by atoms with Crippen molar-refractivity contribution in [1.82, 2.24) is 20.1 Å². The van der Waals surface area contributed by atoms with Crippen LogP contribution in [0.1, 0.15) is 35.1 Å². The molecule has 28 heavy (non-hydrogen) atoms. The van der Waals surface area contributed by atoms with Gasteiger partial charge < -0.3 is 25.2 Å². The quantitative estimate of drug-likeness (QED) is 0.760. The zero-order valence-electron chi connectivity index (χ0n) is 17.0. The highest BCUT2D eigenvalue weighted by Gasteiger charge is 2.31. The lowest BCUT2D eigenvalue weighted by Crippen LogP contribution is -2.45. The number of hydrogen-bond donors (Lipinski definition) is 2. The van der Waals surface area contributed by atoms with Gasteiger partial charge in [0.15, 0.2) is 5.13 Å². The molecule has 2 amide bonds. The highest BCUT2D eigenvalue weighted by atomic mass is 32.1.